The van der Waals surface area contributed by atoms with E-state index < -0.39 is 11.9 Å². The van der Waals surface area contributed by atoms with E-state index in [1.807, 2.05) is 0 Å². The fourth-order valence-corrected chi connectivity index (χ4v) is 1.02. The predicted molar refractivity (Wildman–Crippen MR) is 51.1 cm³/mol. The Morgan fingerprint density at radius 2 is 1.43 bits per heavy atom. The van der Waals surface area contributed by atoms with Gasteiger partial charge in [0.05, 0.1) is 0 Å². The molecule has 0 saturated carbocycles. The van der Waals surface area contributed by atoms with Gasteiger partial charge in [-0.1, -0.05) is 0 Å². The van der Waals surface area contributed by atoms with Gasteiger partial charge in [-0.2, -0.15) is 0 Å². The first-order valence-corrected chi connectivity index (χ1v) is 4.35. The normalized spacial score (nSPS) is 16.4. The zero-order valence-electron chi connectivity index (χ0n) is 8.14. The van der Waals surface area contributed by atoms with Crippen molar-refractivity contribution in [1.29, 1.82) is 0 Å². The Morgan fingerprint density at radius 3 is 1.57 bits per heavy atom. The van der Waals surface area contributed by atoms with Crippen molar-refractivity contribution >= 4 is 11.9 Å². The number of carboxylic acid groups (broad SMARTS) is 2. The molecule has 0 radical (unpaired) electrons. The SMILES string of the molecule is CN1CCCC1.O=C(O)C=CC(=O)O. The molecule has 5 nitrogen and oxygen atoms in total. The molecule has 0 unspecified atom stereocenters. The highest BCUT2D eigenvalue weighted by atomic mass is 16.4. The third kappa shape index (κ3) is 8.73. The second-order valence-corrected chi connectivity index (χ2v) is 3.02. The summed E-state index contributed by atoms with van der Waals surface area (Å²) in [6.45, 7) is 2.64. The van der Waals surface area contributed by atoms with Gasteiger partial charge in [-0.05, 0) is 33.0 Å². The molecule has 1 aliphatic rings. The van der Waals surface area contributed by atoms with E-state index >= 15 is 0 Å². The summed E-state index contributed by atoms with van der Waals surface area (Å²) >= 11 is 0. The molecule has 0 aromatic carbocycles. The Bertz CT molecular complexity index is 203. The topological polar surface area (TPSA) is 77.8 Å². The molecule has 5 heteroatoms. The molecule has 0 spiro atoms. The Balaban J connectivity index is 0.000000249. The van der Waals surface area contributed by atoms with Gasteiger partial charge in [-0.15, -0.1) is 0 Å². The minimum atomic E-state index is -1.26. The summed E-state index contributed by atoms with van der Waals surface area (Å²) in [6, 6.07) is 0. The van der Waals surface area contributed by atoms with Crippen LogP contribution in [0.15, 0.2) is 12.2 Å². The lowest BCUT2D eigenvalue weighted by molar-refractivity contribution is -0.134. The molecule has 0 aliphatic carbocycles. The number of hydrogen-bond donors (Lipinski definition) is 2. The molecular weight excluding hydrogens is 186 g/mol. The third-order valence-electron chi connectivity index (χ3n) is 1.70. The average molecular weight is 201 g/mol. The molecule has 1 aliphatic heterocycles. The lowest BCUT2D eigenvalue weighted by Gasteiger charge is -2.01. The van der Waals surface area contributed by atoms with Crippen LogP contribution in [0, 0.1) is 0 Å². The standard InChI is InChI=1S/C5H11N.C4H4O4/c1-6-4-2-3-5-6;5-3(6)1-2-4(7)8/h2-5H2,1H3;1-2H,(H,5,6)(H,7,8). The minimum Gasteiger partial charge on any atom is -0.478 e. The van der Waals surface area contributed by atoms with E-state index in [4.69, 9.17) is 10.2 Å². The van der Waals surface area contributed by atoms with E-state index in [0.717, 1.165) is 0 Å². The number of aliphatic carboxylic acids is 2. The van der Waals surface area contributed by atoms with Gasteiger partial charge < -0.3 is 15.1 Å². The van der Waals surface area contributed by atoms with Gasteiger partial charge in [-0.25, -0.2) is 9.59 Å². The molecule has 0 atom stereocenters. The first kappa shape index (κ1) is 12.6. The van der Waals surface area contributed by atoms with E-state index in [9.17, 15) is 9.59 Å². The molecule has 0 aromatic rings. The van der Waals surface area contributed by atoms with Gasteiger partial charge in [0.1, 0.15) is 0 Å². The molecule has 1 fully saturated rings. The van der Waals surface area contributed by atoms with Crippen molar-refractivity contribution in [2.45, 2.75) is 12.8 Å². The molecule has 0 aromatic heterocycles. The van der Waals surface area contributed by atoms with Crippen LogP contribution in [0.4, 0.5) is 0 Å². The molecule has 1 heterocycles. The van der Waals surface area contributed by atoms with Crippen LogP contribution in [-0.2, 0) is 9.59 Å². The molecule has 0 bridgehead atoms. The summed E-state index contributed by atoms with van der Waals surface area (Å²) in [5.41, 5.74) is 0. The molecule has 80 valence electrons. The third-order valence-corrected chi connectivity index (χ3v) is 1.70. The van der Waals surface area contributed by atoms with E-state index in [1.54, 1.807) is 0 Å². The first-order chi connectivity index (χ1) is 6.52. The van der Waals surface area contributed by atoms with Crippen LogP contribution in [0.1, 0.15) is 12.8 Å². The molecular formula is C9H15NO4. The molecule has 14 heavy (non-hydrogen) atoms. The zero-order chi connectivity index (χ0) is 11.0. The number of hydrogen-bond acceptors (Lipinski definition) is 3. The smallest absolute Gasteiger partial charge is 0.328 e. The van der Waals surface area contributed by atoms with Crippen molar-refractivity contribution in [1.82, 2.24) is 4.90 Å². The van der Waals surface area contributed by atoms with Crippen LogP contribution in [0.2, 0.25) is 0 Å². The van der Waals surface area contributed by atoms with Gasteiger partial charge in [-0.3, -0.25) is 0 Å². The summed E-state index contributed by atoms with van der Waals surface area (Å²) in [5, 5.41) is 15.6. The summed E-state index contributed by atoms with van der Waals surface area (Å²) in [5.74, 6) is -2.51. The van der Waals surface area contributed by atoms with Gasteiger partial charge >= 0.3 is 11.9 Å². The average Bonchev–Trinajstić information content (AvgIpc) is 2.53. The monoisotopic (exact) mass is 201 g/mol. The first-order valence-electron chi connectivity index (χ1n) is 4.35. The van der Waals surface area contributed by atoms with Crippen molar-refractivity contribution in [2.24, 2.45) is 0 Å². The van der Waals surface area contributed by atoms with Crippen LogP contribution < -0.4 is 0 Å². The Kier molecular flexibility index (Phi) is 6.39. The van der Waals surface area contributed by atoms with Crippen molar-refractivity contribution in [3.05, 3.63) is 12.2 Å². The number of nitrogens with zero attached hydrogens (tertiary/aromatic N) is 1. The largest absolute Gasteiger partial charge is 0.478 e. The summed E-state index contributed by atoms with van der Waals surface area (Å²) in [7, 11) is 2.17. The number of likely N-dealkylation sites (tertiary alicyclic amines) is 1. The number of carbonyl (C=O) groups is 2. The molecule has 0 amide bonds. The quantitative estimate of drug-likeness (QED) is 0.633. The van der Waals surface area contributed by atoms with Gasteiger partial charge in [0.2, 0.25) is 0 Å². The lowest BCUT2D eigenvalue weighted by atomic mass is 10.4. The molecule has 1 rings (SSSR count). The van der Waals surface area contributed by atoms with E-state index in [1.165, 1.54) is 25.9 Å². The van der Waals surface area contributed by atoms with E-state index in [2.05, 4.69) is 11.9 Å². The zero-order valence-corrected chi connectivity index (χ0v) is 8.14. The highest BCUT2D eigenvalue weighted by Crippen LogP contribution is 2.02. The maximum Gasteiger partial charge on any atom is 0.328 e. The predicted octanol–water partition coefficient (Wildman–Crippen LogP) is 0.424. The van der Waals surface area contributed by atoms with E-state index in [0.29, 0.717) is 12.2 Å². The maximum atomic E-state index is 9.55. The van der Waals surface area contributed by atoms with Crippen LogP contribution in [0.5, 0.6) is 0 Å². The fourth-order valence-electron chi connectivity index (χ4n) is 1.02. The van der Waals surface area contributed by atoms with Gasteiger partial charge in [0.25, 0.3) is 0 Å². The second kappa shape index (κ2) is 7.08. The number of rotatable bonds is 2. The van der Waals surface area contributed by atoms with Gasteiger partial charge in [0, 0.05) is 12.2 Å². The van der Waals surface area contributed by atoms with Crippen molar-refractivity contribution in [3.63, 3.8) is 0 Å². The van der Waals surface area contributed by atoms with Crippen LogP contribution in [0.25, 0.3) is 0 Å². The minimum absolute atomic E-state index is 0.558. The molecule has 2 N–H and O–H groups in total. The summed E-state index contributed by atoms with van der Waals surface area (Å²) in [4.78, 5) is 21.5. The van der Waals surface area contributed by atoms with E-state index in [-0.39, 0.29) is 0 Å². The Hall–Kier alpha value is -1.36. The fraction of sp³-hybridized carbons (Fsp3) is 0.556. The summed E-state index contributed by atoms with van der Waals surface area (Å²) < 4.78 is 0. The highest BCUT2D eigenvalue weighted by Gasteiger charge is 2.03. The lowest BCUT2D eigenvalue weighted by Crippen LogP contribution is -2.10. The van der Waals surface area contributed by atoms with Crippen molar-refractivity contribution in [3.8, 4) is 0 Å². The summed E-state index contributed by atoms with van der Waals surface area (Å²) in [6.07, 6.45) is 3.94. The van der Waals surface area contributed by atoms with Gasteiger partial charge in [0.15, 0.2) is 0 Å². The Morgan fingerprint density at radius 1 is 1.07 bits per heavy atom. The Labute approximate surface area is 82.6 Å². The van der Waals surface area contributed by atoms with Crippen molar-refractivity contribution in [2.75, 3.05) is 20.1 Å². The van der Waals surface area contributed by atoms with Crippen LogP contribution in [-0.4, -0.2) is 47.2 Å². The van der Waals surface area contributed by atoms with Crippen molar-refractivity contribution < 1.29 is 19.8 Å². The molecule has 1 saturated heterocycles. The second-order valence-electron chi connectivity index (χ2n) is 3.02. The number of carboxylic acids is 2. The van der Waals surface area contributed by atoms with Crippen LogP contribution in [0.3, 0.4) is 0 Å². The van der Waals surface area contributed by atoms with Crippen LogP contribution >= 0.6 is 0 Å². The maximum absolute atomic E-state index is 9.55. The highest BCUT2D eigenvalue weighted by molar-refractivity contribution is 5.89.